The van der Waals surface area contributed by atoms with E-state index in [4.69, 9.17) is 0 Å². The molecule has 1 aromatic carbocycles. The van der Waals surface area contributed by atoms with E-state index in [1.165, 1.54) is 17.0 Å². The zero-order valence-corrected chi connectivity index (χ0v) is 12.7. The number of aromatic nitrogens is 1. The van der Waals surface area contributed by atoms with Crippen molar-refractivity contribution in [3.8, 4) is 0 Å². The van der Waals surface area contributed by atoms with E-state index in [1.807, 2.05) is 0 Å². The minimum atomic E-state index is -0.378. The molecule has 0 atom stereocenters. The molecule has 2 aromatic rings. The Balaban J connectivity index is 1.94. The van der Waals surface area contributed by atoms with E-state index in [9.17, 15) is 10.1 Å². The first kappa shape index (κ1) is 15.3. The van der Waals surface area contributed by atoms with Crippen LogP contribution in [0.1, 0.15) is 29.4 Å². The SMILES string of the molecule is CCn1c(C)cc(CNCc2ccc([N+](=O)[O-])cc2)c1C. The fourth-order valence-electron chi connectivity index (χ4n) is 2.61. The summed E-state index contributed by atoms with van der Waals surface area (Å²) in [5.41, 5.74) is 5.06. The number of non-ortho nitro benzene ring substituents is 1. The van der Waals surface area contributed by atoms with Crippen molar-refractivity contribution in [2.24, 2.45) is 0 Å². The Bertz CT molecular complexity index is 630. The van der Waals surface area contributed by atoms with E-state index >= 15 is 0 Å². The molecule has 1 heterocycles. The molecule has 0 spiro atoms. The normalized spacial score (nSPS) is 10.8. The number of rotatable bonds is 6. The minimum Gasteiger partial charge on any atom is -0.349 e. The summed E-state index contributed by atoms with van der Waals surface area (Å²) < 4.78 is 2.29. The Hall–Kier alpha value is -2.14. The standard InChI is InChI=1S/C16H21N3O2/c1-4-18-12(2)9-15(13(18)3)11-17-10-14-5-7-16(8-6-14)19(20)21/h5-9,17H,4,10-11H2,1-3H3. The van der Waals surface area contributed by atoms with Crippen molar-refractivity contribution in [3.63, 3.8) is 0 Å². The van der Waals surface area contributed by atoms with Crippen molar-refractivity contribution in [1.29, 1.82) is 0 Å². The molecular weight excluding hydrogens is 266 g/mol. The number of benzene rings is 1. The van der Waals surface area contributed by atoms with Crippen molar-refractivity contribution < 1.29 is 4.92 Å². The lowest BCUT2D eigenvalue weighted by atomic mass is 10.2. The lowest BCUT2D eigenvalue weighted by molar-refractivity contribution is -0.384. The molecule has 5 nitrogen and oxygen atoms in total. The van der Waals surface area contributed by atoms with E-state index in [1.54, 1.807) is 24.3 Å². The maximum atomic E-state index is 10.6. The van der Waals surface area contributed by atoms with Gasteiger partial charge in [-0.05, 0) is 38.0 Å². The van der Waals surface area contributed by atoms with Gasteiger partial charge < -0.3 is 9.88 Å². The second kappa shape index (κ2) is 6.54. The van der Waals surface area contributed by atoms with E-state index in [0.29, 0.717) is 6.54 Å². The quantitative estimate of drug-likeness (QED) is 0.655. The molecular formula is C16H21N3O2. The van der Waals surface area contributed by atoms with Crippen molar-refractivity contribution in [3.05, 3.63) is 63.0 Å². The third kappa shape index (κ3) is 3.49. The summed E-state index contributed by atoms with van der Waals surface area (Å²) in [6.45, 7) is 8.90. The van der Waals surface area contributed by atoms with Crippen LogP contribution in [0.2, 0.25) is 0 Å². The molecule has 0 amide bonds. The molecule has 0 fully saturated rings. The fraction of sp³-hybridized carbons (Fsp3) is 0.375. The molecule has 0 saturated carbocycles. The van der Waals surface area contributed by atoms with Crippen LogP contribution in [0.15, 0.2) is 30.3 Å². The maximum absolute atomic E-state index is 10.6. The van der Waals surface area contributed by atoms with Crippen LogP contribution in [-0.4, -0.2) is 9.49 Å². The molecule has 0 aliphatic carbocycles. The smallest absolute Gasteiger partial charge is 0.269 e. The summed E-state index contributed by atoms with van der Waals surface area (Å²) in [5.74, 6) is 0. The maximum Gasteiger partial charge on any atom is 0.269 e. The monoisotopic (exact) mass is 287 g/mol. The summed E-state index contributed by atoms with van der Waals surface area (Å²) in [7, 11) is 0. The van der Waals surface area contributed by atoms with E-state index in [0.717, 1.165) is 18.7 Å². The summed E-state index contributed by atoms with van der Waals surface area (Å²) in [6.07, 6.45) is 0. The first-order chi connectivity index (χ1) is 10.0. The molecule has 2 rings (SSSR count). The lowest BCUT2D eigenvalue weighted by Gasteiger charge is -2.07. The third-order valence-corrected chi connectivity index (χ3v) is 3.79. The fourth-order valence-corrected chi connectivity index (χ4v) is 2.61. The molecule has 0 saturated heterocycles. The van der Waals surface area contributed by atoms with Crippen LogP contribution in [0.25, 0.3) is 0 Å². The second-order valence-electron chi connectivity index (χ2n) is 5.17. The van der Waals surface area contributed by atoms with Gasteiger partial charge >= 0.3 is 0 Å². The van der Waals surface area contributed by atoms with Gasteiger partial charge in [0, 0.05) is 43.2 Å². The molecule has 0 aliphatic heterocycles. The Labute approximate surface area is 124 Å². The predicted octanol–water partition coefficient (Wildman–Crippen LogP) is 3.32. The molecule has 0 bridgehead atoms. The topological polar surface area (TPSA) is 60.1 Å². The summed E-state index contributed by atoms with van der Waals surface area (Å²) in [4.78, 5) is 10.2. The average Bonchev–Trinajstić information content (AvgIpc) is 2.73. The Morgan fingerprint density at radius 2 is 1.86 bits per heavy atom. The number of hydrogen-bond acceptors (Lipinski definition) is 3. The predicted molar refractivity (Wildman–Crippen MR) is 83.2 cm³/mol. The first-order valence-corrected chi connectivity index (χ1v) is 7.12. The number of aryl methyl sites for hydroxylation is 1. The van der Waals surface area contributed by atoms with Gasteiger partial charge in [-0.2, -0.15) is 0 Å². The minimum absolute atomic E-state index is 0.130. The van der Waals surface area contributed by atoms with E-state index in [2.05, 4.69) is 36.7 Å². The number of nitro benzene ring substituents is 1. The highest BCUT2D eigenvalue weighted by atomic mass is 16.6. The van der Waals surface area contributed by atoms with Gasteiger partial charge in [0.15, 0.2) is 0 Å². The molecule has 21 heavy (non-hydrogen) atoms. The first-order valence-electron chi connectivity index (χ1n) is 7.12. The van der Waals surface area contributed by atoms with Gasteiger partial charge in [0.1, 0.15) is 0 Å². The third-order valence-electron chi connectivity index (χ3n) is 3.79. The van der Waals surface area contributed by atoms with Crippen LogP contribution in [0.4, 0.5) is 5.69 Å². The zero-order valence-electron chi connectivity index (χ0n) is 12.7. The largest absolute Gasteiger partial charge is 0.349 e. The highest BCUT2D eigenvalue weighted by Gasteiger charge is 2.07. The van der Waals surface area contributed by atoms with E-state index in [-0.39, 0.29) is 10.6 Å². The van der Waals surface area contributed by atoms with Gasteiger partial charge in [-0.25, -0.2) is 0 Å². The molecule has 5 heteroatoms. The number of nitrogens with zero attached hydrogens (tertiary/aromatic N) is 2. The summed E-state index contributed by atoms with van der Waals surface area (Å²) in [6, 6.07) is 8.88. The Morgan fingerprint density at radius 3 is 2.38 bits per heavy atom. The second-order valence-corrected chi connectivity index (χ2v) is 5.17. The van der Waals surface area contributed by atoms with Gasteiger partial charge in [-0.1, -0.05) is 12.1 Å². The van der Waals surface area contributed by atoms with E-state index < -0.39 is 0 Å². The van der Waals surface area contributed by atoms with Crippen LogP contribution in [0, 0.1) is 24.0 Å². The van der Waals surface area contributed by atoms with Gasteiger partial charge in [-0.3, -0.25) is 10.1 Å². The average molecular weight is 287 g/mol. The molecule has 0 radical (unpaired) electrons. The molecule has 1 N–H and O–H groups in total. The van der Waals surface area contributed by atoms with Gasteiger partial charge in [0.2, 0.25) is 0 Å². The number of nitrogens with one attached hydrogen (secondary N) is 1. The van der Waals surface area contributed by atoms with Crippen LogP contribution < -0.4 is 5.32 Å². The summed E-state index contributed by atoms with van der Waals surface area (Å²) in [5, 5.41) is 14.0. The molecule has 1 aromatic heterocycles. The van der Waals surface area contributed by atoms with Gasteiger partial charge in [0.25, 0.3) is 5.69 Å². The van der Waals surface area contributed by atoms with Crippen LogP contribution in [0.5, 0.6) is 0 Å². The van der Waals surface area contributed by atoms with Crippen LogP contribution in [0.3, 0.4) is 0 Å². The molecule has 112 valence electrons. The van der Waals surface area contributed by atoms with Gasteiger partial charge in [-0.15, -0.1) is 0 Å². The van der Waals surface area contributed by atoms with Crippen LogP contribution in [-0.2, 0) is 19.6 Å². The van der Waals surface area contributed by atoms with Crippen molar-refractivity contribution in [2.45, 2.75) is 40.4 Å². The molecule has 0 unspecified atom stereocenters. The van der Waals surface area contributed by atoms with Gasteiger partial charge in [0.05, 0.1) is 4.92 Å². The highest BCUT2D eigenvalue weighted by molar-refractivity contribution is 5.33. The van der Waals surface area contributed by atoms with Crippen molar-refractivity contribution in [2.75, 3.05) is 0 Å². The highest BCUT2D eigenvalue weighted by Crippen LogP contribution is 2.15. The zero-order chi connectivity index (χ0) is 15.4. The van der Waals surface area contributed by atoms with Crippen molar-refractivity contribution >= 4 is 5.69 Å². The number of hydrogen-bond donors (Lipinski definition) is 1. The van der Waals surface area contributed by atoms with Crippen LogP contribution >= 0.6 is 0 Å². The Kier molecular flexibility index (Phi) is 4.75. The summed E-state index contributed by atoms with van der Waals surface area (Å²) >= 11 is 0. The Morgan fingerprint density at radius 1 is 1.19 bits per heavy atom. The molecule has 0 aliphatic rings. The lowest BCUT2D eigenvalue weighted by Crippen LogP contribution is -2.13. The van der Waals surface area contributed by atoms with Crippen molar-refractivity contribution in [1.82, 2.24) is 9.88 Å². The number of nitro groups is 1.